The van der Waals surface area contributed by atoms with E-state index in [1.807, 2.05) is 0 Å². The van der Waals surface area contributed by atoms with Crippen LogP contribution < -0.4 is 0 Å². The van der Waals surface area contributed by atoms with Crippen LogP contribution in [0.1, 0.15) is 76.7 Å². The average molecular weight is 304 g/mol. The van der Waals surface area contributed by atoms with Crippen molar-refractivity contribution in [3.05, 3.63) is 35.4 Å². The van der Waals surface area contributed by atoms with Gasteiger partial charge < -0.3 is 9.47 Å². The van der Waals surface area contributed by atoms with Gasteiger partial charge in [0.05, 0.1) is 13.2 Å². The van der Waals surface area contributed by atoms with Crippen molar-refractivity contribution < 1.29 is 9.47 Å². The Morgan fingerprint density at radius 1 is 0.955 bits per heavy atom. The smallest absolute Gasteiger partial charge is 0.183 e. The first kappa shape index (κ1) is 17.5. The summed E-state index contributed by atoms with van der Waals surface area (Å²) in [5, 5.41) is 0. The van der Waals surface area contributed by atoms with Crippen molar-refractivity contribution in [1.82, 2.24) is 0 Å². The summed E-state index contributed by atoms with van der Waals surface area (Å²) in [6, 6.07) is 8.78. The largest absolute Gasteiger partial charge is 0.348 e. The Hall–Kier alpha value is -0.860. The highest BCUT2D eigenvalue weighted by atomic mass is 16.7. The maximum Gasteiger partial charge on any atom is 0.183 e. The molecule has 1 aliphatic heterocycles. The van der Waals surface area contributed by atoms with Crippen LogP contribution in [-0.4, -0.2) is 13.2 Å². The maximum atomic E-state index is 5.99. The second kappa shape index (κ2) is 8.69. The highest BCUT2D eigenvalue weighted by Crippen LogP contribution is 2.35. The molecule has 0 unspecified atom stereocenters. The first-order valence-corrected chi connectivity index (χ1v) is 8.99. The number of hydrogen-bond donors (Lipinski definition) is 0. The first-order valence-electron chi connectivity index (χ1n) is 8.99. The van der Waals surface area contributed by atoms with Gasteiger partial charge in [-0.15, -0.1) is 0 Å². The van der Waals surface area contributed by atoms with E-state index in [-0.39, 0.29) is 11.7 Å². The van der Waals surface area contributed by atoms with Gasteiger partial charge in [-0.2, -0.15) is 0 Å². The van der Waals surface area contributed by atoms with Crippen LogP contribution in [0.4, 0.5) is 0 Å². The number of ether oxygens (including phenoxy) is 2. The second-order valence-corrected chi connectivity index (χ2v) is 7.07. The zero-order chi connectivity index (χ0) is 15.8. The van der Waals surface area contributed by atoms with Gasteiger partial charge >= 0.3 is 0 Å². The third-order valence-electron chi connectivity index (χ3n) is 4.62. The lowest BCUT2D eigenvalue weighted by molar-refractivity contribution is -0.231. The van der Waals surface area contributed by atoms with Gasteiger partial charge in [0.2, 0.25) is 0 Å². The molecule has 0 radical (unpaired) electrons. The van der Waals surface area contributed by atoms with E-state index in [0.29, 0.717) is 0 Å². The molecule has 0 saturated carbocycles. The average Bonchev–Trinajstić information content (AvgIpc) is 2.55. The van der Waals surface area contributed by atoms with Crippen LogP contribution >= 0.6 is 0 Å². The fourth-order valence-corrected chi connectivity index (χ4v) is 3.00. The highest BCUT2D eigenvalue weighted by Gasteiger charge is 2.32. The van der Waals surface area contributed by atoms with Crippen LogP contribution in [0.15, 0.2) is 24.3 Å². The van der Waals surface area contributed by atoms with E-state index < -0.39 is 0 Å². The van der Waals surface area contributed by atoms with E-state index in [1.165, 1.54) is 50.5 Å². The Bertz CT molecular complexity index is 416. The molecule has 0 bridgehead atoms. The molecule has 124 valence electrons. The van der Waals surface area contributed by atoms with Crippen molar-refractivity contribution in [3.8, 4) is 0 Å². The summed E-state index contributed by atoms with van der Waals surface area (Å²) >= 11 is 0. The Labute approximate surface area is 136 Å². The van der Waals surface area contributed by atoms with E-state index in [2.05, 4.69) is 45.0 Å². The summed E-state index contributed by atoms with van der Waals surface area (Å²) in [4.78, 5) is 0. The molecule has 2 nitrogen and oxygen atoms in total. The van der Waals surface area contributed by atoms with Crippen LogP contribution in [-0.2, 0) is 15.9 Å². The monoisotopic (exact) mass is 304 g/mol. The van der Waals surface area contributed by atoms with Crippen molar-refractivity contribution in [2.24, 2.45) is 5.41 Å². The lowest BCUT2D eigenvalue weighted by Gasteiger charge is -2.37. The molecule has 1 fully saturated rings. The standard InChI is InChI=1S/C20H32O2/c1-4-6-8-9-17-10-12-18(13-11-17)19-21-15-20(3,16-22-19)14-7-5-2/h10-13,19H,4-9,14-16H2,1-3H3. The fraction of sp³-hybridized carbons (Fsp3) is 0.700. The van der Waals surface area contributed by atoms with Crippen LogP contribution in [0.3, 0.4) is 0 Å². The predicted octanol–water partition coefficient (Wildman–Crippen LogP) is 5.66. The molecule has 22 heavy (non-hydrogen) atoms. The van der Waals surface area contributed by atoms with Crippen molar-refractivity contribution in [3.63, 3.8) is 0 Å². The molecule has 1 aromatic carbocycles. The zero-order valence-corrected chi connectivity index (χ0v) is 14.6. The van der Waals surface area contributed by atoms with Crippen molar-refractivity contribution >= 4 is 0 Å². The number of aryl methyl sites for hydroxylation is 1. The third kappa shape index (κ3) is 5.10. The minimum atomic E-state index is -0.181. The Morgan fingerprint density at radius 2 is 1.59 bits per heavy atom. The van der Waals surface area contributed by atoms with Crippen molar-refractivity contribution in [1.29, 1.82) is 0 Å². The van der Waals surface area contributed by atoms with E-state index in [0.717, 1.165) is 18.8 Å². The Balaban J connectivity index is 1.83. The van der Waals surface area contributed by atoms with Gasteiger partial charge in [-0.25, -0.2) is 0 Å². The normalized spacial score (nSPS) is 25.3. The lowest BCUT2D eigenvalue weighted by Crippen LogP contribution is -2.36. The molecule has 0 aliphatic carbocycles. The van der Waals surface area contributed by atoms with E-state index in [9.17, 15) is 0 Å². The Morgan fingerprint density at radius 3 is 2.18 bits per heavy atom. The van der Waals surface area contributed by atoms with Crippen LogP contribution in [0.25, 0.3) is 0 Å². The molecule has 0 N–H and O–H groups in total. The SMILES string of the molecule is CCCCCc1ccc(C2OCC(C)(CCCC)CO2)cc1. The molecule has 0 aromatic heterocycles. The molecule has 1 aliphatic rings. The molecule has 2 rings (SSSR count). The number of rotatable bonds is 8. The van der Waals surface area contributed by atoms with Crippen LogP contribution in [0.2, 0.25) is 0 Å². The maximum absolute atomic E-state index is 5.99. The number of unbranched alkanes of at least 4 members (excludes halogenated alkanes) is 3. The highest BCUT2D eigenvalue weighted by molar-refractivity contribution is 5.23. The minimum Gasteiger partial charge on any atom is -0.348 e. The number of hydrogen-bond acceptors (Lipinski definition) is 2. The summed E-state index contributed by atoms with van der Waals surface area (Å²) < 4.78 is 12.0. The summed E-state index contributed by atoms with van der Waals surface area (Å²) in [7, 11) is 0. The molecule has 0 atom stereocenters. The van der Waals surface area contributed by atoms with Gasteiger partial charge in [-0.1, -0.05) is 70.7 Å². The summed E-state index contributed by atoms with van der Waals surface area (Å²) in [6.07, 6.45) is 8.54. The van der Waals surface area contributed by atoms with Gasteiger partial charge in [0.25, 0.3) is 0 Å². The molecule has 1 saturated heterocycles. The second-order valence-electron chi connectivity index (χ2n) is 7.07. The van der Waals surface area contributed by atoms with Gasteiger partial charge in [0.15, 0.2) is 6.29 Å². The van der Waals surface area contributed by atoms with Crippen molar-refractivity contribution in [2.45, 2.75) is 72.0 Å². The fourth-order valence-electron chi connectivity index (χ4n) is 3.00. The minimum absolute atomic E-state index is 0.181. The molecular formula is C20H32O2. The molecule has 0 spiro atoms. The summed E-state index contributed by atoms with van der Waals surface area (Å²) in [6.45, 7) is 8.36. The first-order chi connectivity index (χ1) is 10.7. The number of benzene rings is 1. The zero-order valence-electron chi connectivity index (χ0n) is 14.6. The molecule has 1 aromatic rings. The Kier molecular flexibility index (Phi) is 6.91. The van der Waals surface area contributed by atoms with Gasteiger partial charge in [-0.05, 0) is 24.8 Å². The van der Waals surface area contributed by atoms with Gasteiger partial charge in [-0.3, -0.25) is 0 Å². The van der Waals surface area contributed by atoms with E-state index in [4.69, 9.17) is 9.47 Å². The molecular weight excluding hydrogens is 272 g/mol. The van der Waals surface area contributed by atoms with E-state index >= 15 is 0 Å². The van der Waals surface area contributed by atoms with Gasteiger partial charge in [0.1, 0.15) is 0 Å². The third-order valence-corrected chi connectivity index (χ3v) is 4.62. The van der Waals surface area contributed by atoms with Crippen LogP contribution in [0.5, 0.6) is 0 Å². The summed E-state index contributed by atoms with van der Waals surface area (Å²) in [5.74, 6) is 0. The van der Waals surface area contributed by atoms with E-state index in [1.54, 1.807) is 0 Å². The molecule has 1 heterocycles. The summed E-state index contributed by atoms with van der Waals surface area (Å²) in [5.41, 5.74) is 2.75. The quantitative estimate of drug-likeness (QED) is 0.577. The molecule has 0 amide bonds. The lowest BCUT2D eigenvalue weighted by atomic mass is 9.86. The molecule has 2 heteroatoms. The van der Waals surface area contributed by atoms with Gasteiger partial charge in [0, 0.05) is 11.0 Å². The predicted molar refractivity (Wildman–Crippen MR) is 91.9 cm³/mol. The van der Waals surface area contributed by atoms with Crippen molar-refractivity contribution in [2.75, 3.05) is 13.2 Å². The topological polar surface area (TPSA) is 18.5 Å². The van der Waals surface area contributed by atoms with Crippen LogP contribution in [0, 0.1) is 5.41 Å².